The first-order chi connectivity index (χ1) is 7.48. The van der Waals surface area contributed by atoms with Gasteiger partial charge in [0, 0.05) is 12.1 Å². The number of nitro groups is 1. The van der Waals surface area contributed by atoms with Gasteiger partial charge in [-0.15, -0.1) is 0 Å². The monoisotopic (exact) mass is 239 g/mol. The standard InChI is InChI=1S/C10H9NO4S/c12-11(13)10-3-1-8(2-4-10)9-5-6-16(14,15)7-9/h1-5H,6-7H2. The molecule has 5 nitrogen and oxygen atoms in total. The number of benzene rings is 1. The summed E-state index contributed by atoms with van der Waals surface area (Å²) in [5.74, 6) is 0.0735. The van der Waals surface area contributed by atoms with Crippen molar-refractivity contribution in [3.8, 4) is 0 Å². The van der Waals surface area contributed by atoms with Crippen LogP contribution in [0.5, 0.6) is 0 Å². The van der Waals surface area contributed by atoms with E-state index in [4.69, 9.17) is 0 Å². The van der Waals surface area contributed by atoms with Crippen molar-refractivity contribution in [1.82, 2.24) is 0 Å². The van der Waals surface area contributed by atoms with Crippen LogP contribution in [0.3, 0.4) is 0 Å². The fraction of sp³-hybridized carbons (Fsp3) is 0.200. The first kappa shape index (κ1) is 10.8. The minimum absolute atomic E-state index is 0.00482. The van der Waals surface area contributed by atoms with Crippen LogP contribution >= 0.6 is 0 Å². The van der Waals surface area contributed by atoms with Gasteiger partial charge in [-0.05, 0) is 23.3 Å². The number of nitro benzene ring substituents is 1. The molecule has 0 saturated heterocycles. The average molecular weight is 239 g/mol. The number of rotatable bonds is 2. The Bertz CT molecular complexity index is 557. The second kappa shape index (κ2) is 3.71. The molecule has 1 aromatic rings. The Morgan fingerprint density at radius 1 is 1.19 bits per heavy atom. The van der Waals surface area contributed by atoms with Crippen LogP contribution in [0, 0.1) is 10.1 Å². The average Bonchev–Trinajstić information content (AvgIpc) is 2.59. The van der Waals surface area contributed by atoms with Crippen LogP contribution in [-0.2, 0) is 9.84 Å². The highest BCUT2D eigenvalue weighted by molar-refractivity contribution is 7.92. The third kappa shape index (κ3) is 2.11. The van der Waals surface area contributed by atoms with Gasteiger partial charge in [-0.1, -0.05) is 6.08 Å². The third-order valence-electron chi connectivity index (χ3n) is 2.41. The van der Waals surface area contributed by atoms with Gasteiger partial charge in [-0.25, -0.2) is 8.42 Å². The van der Waals surface area contributed by atoms with Gasteiger partial charge in [0.05, 0.1) is 16.4 Å². The molecule has 84 valence electrons. The van der Waals surface area contributed by atoms with Crippen LogP contribution in [0.15, 0.2) is 30.3 Å². The zero-order valence-electron chi connectivity index (χ0n) is 8.29. The molecule has 1 aromatic carbocycles. The Kier molecular flexibility index (Phi) is 2.51. The highest BCUT2D eigenvalue weighted by atomic mass is 32.2. The van der Waals surface area contributed by atoms with Crippen LogP contribution < -0.4 is 0 Å². The van der Waals surface area contributed by atoms with E-state index in [1.165, 1.54) is 12.1 Å². The predicted molar refractivity (Wildman–Crippen MR) is 59.7 cm³/mol. The Balaban J connectivity index is 2.27. The number of nitrogens with zero attached hydrogens (tertiary/aromatic N) is 1. The number of non-ortho nitro benzene ring substituents is 1. The van der Waals surface area contributed by atoms with Gasteiger partial charge in [0.1, 0.15) is 0 Å². The Labute approximate surface area is 92.5 Å². The highest BCUT2D eigenvalue weighted by Crippen LogP contribution is 2.24. The maximum absolute atomic E-state index is 11.2. The maximum Gasteiger partial charge on any atom is 0.269 e. The van der Waals surface area contributed by atoms with Crippen LogP contribution in [-0.4, -0.2) is 24.8 Å². The summed E-state index contributed by atoms with van der Waals surface area (Å²) in [5, 5.41) is 10.4. The quantitative estimate of drug-likeness (QED) is 0.577. The van der Waals surface area contributed by atoms with Crippen LogP contribution in [0.4, 0.5) is 5.69 Å². The van der Waals surface area contributed by atoms with E-state index in [2.05, 4.69) is 0 Å². The van der Waals surface area contributed by atoms with Gasteiger partial charge >= 0.3 is 0 Å². The first-order valence-corrected chi connectivity index (χ1v) is 6.44. The topological polar surface area (TPSA) is 77.3 Å². The van der Waals surface area contributed by atoms with Gasteiger partial charge in [-0.2, -0.15) is 0 Å². The molecule has 0 radical (unpaired) electrons. The Morgan fingerprint density at radius 2 is 1.81 bits per heavy atom. The molecular weight excluding hydrogens is 230 g/mol. The van der Waals surface area contributed by atoms with Crippen molar-refractivity contribution in [3.63, 3.8) is 0 Å². The summed E-state index contributed by atoms with van der Waals surface area (Å²) in [7, 11) is -3.00. The molecule has 0 unspecified atom stereocenters. The summed E-state index contributed by atoms with van der Waals surface area (Å²) in [5.41, 5.74) is 1.45. The molecule has 1 aliphatic heterocycles. The van der Waals surface area contributed by atoms with Gasteiger partial charge in [0.2, 0.25) is 0 Å². The molecule has 1 heterocycles. The maximum atomic E-state index is 11.2. The van der Waals surface area contributed by atoms with E-state index in [1.54, 1.807) is 18.2 Å². The Morgan fingerprint density at radius 3 is 2.25 bits per heavy atom. The molecule has 0 bridgehead atoms. The summed E-state index contributed by atoms with van der Waals surface area (Å²) in [6.07, 6.45) is 1.65. The summed E-state index contributed by atoms with van der Waals surface area (Å²) >= 11 is 0. The minimum atomic E-state index is -3.00. The van der Waals surface area contributed by atoms with Gasteiger partial charge in [0.15, 0.2) is 9.84 Å². The van der Waals surface area contributed by atoms with Crippen molar-refractivity contribution in [2.45, 2.75) is 0 Å². The molecule has 0 aliphatic carbocycles. The summed E-state index contributed by atoms with van der Waals surface area (Å²) < 4.78 is 22.5. The largest absolute Gasteiger partial charge is 0.269 e. The minimum Gasteiger partial charge on any atom is -0.258 e. The molecule has 2 rings (SSSR count). The summed E-state index contributed by atoms with van der Waals surface area (Å²) in [4.78, 5) is 9.95. The molecular formula is C10H9NO4S. The van der Waals surface area contributed by atoms with E-state index < -0.39 is 14.8 Å². The van der Waals surface area contributed by atoms with E-state index in [9.17, 15) is 18.5 Å². The van der Waals surface area contributed by atoms with Gasteiger partial charge < -0.3 is 0 Å². The smallest absolute Gasteiger partial charge is 0.258 e. The lowest BCUT2D eigenvalue weighted by molar-refractivity contribution is -0.384. The fourth-order valence-electron chi connectivity index (χ4n) is 1.58. The molecule has 16 heavy (non-hydrogen) atoms. The zero-order chi connectivity index (χ0) is 11.8. The lowest BCUT2D eigenvalue weighted by atomic mass is 10.1. The molecule has 0 saturated carbocycles. The molecule has 0 atom stereocenters. The van der Waals surface area contributed by atoms with Crippen molar-refractivity contribution in [3.05, 3.63) is 46.0 Å². The molecule has 0 amide bonds. The SMILES string of the molecule is O=[N+]([O-])c1ccc(C2=CCS(=O)(=O)C2)cc1. The molecule has 0 fully saturated rings. The van der Waals surface area contributed by atoms with E-state index in [-0.39, 0.29) is 17.2 Å². The van der Waals surface area contributed by atoms with E-state index >= 15 is 0 Å². The first-order valence-electron chi connectivity index (χ1n) is 4.62. The summed E-state index contributed by atoms with van der Waals surface area (Å²) in [6, 6.07) is 5.90. The predicted octanol–water partition coefficient (Wildman–Crippen LogP) is 1.41. The zero-order valence-corrected chi connectivity index (χ0v) is 9.11. The van der Waals surface area contributed by atoms with Crippen molar-refractivity contribution < 1.29 is 13.3 Å². The second-order valence-corrected chi connectivity index (χ2v) is 5.70. The molecule has 0 N–H and O–H groups in total. The van der Waals surface area contributed by atoms with E-state index in [0.29, 0.717) is 0 Å². The number of sulfone groups is 1. The highest BCUT2D eigenvalue weighted by Gasteiger charge is 2.20. The van der Waals surface area contributed by atoms with Crippen molar-refractivity contribution in [2.24, 2.45) is 0 Å². The molecule has 6 heteroatoms. The van der Waals surface area contributed by atoms with Gasteiger partial charge in [0.25, 0.3) is 5.69 Å². The van der Waals surface area contributed by atoms with Crippen molar-refractivity contribution in [1.29, 1.82) is 0 Å². The van der Waals surface area contributed by atoms with Crippen molar-refractivity contribution in [2.75, 3.05) is 11.5 Å². The molecule has 0 aromatic heterocycles. The summed E-state index contributed by atoms with van der Waals surface area (Å²) in [6.45, 7) is 0. The van der Waals surface area contributed by atoms with Crippen LogP contribution in [0.2, 0.25) is 0 Å². The number of hydrogen-bond donors (Lipinski definition) is 0. The normalized spacial score (nSPS) is 18.1. The lowest BCUT2D eigenvalue weighted by Crippen LogP contribution is -2.02. The second-order valence-electron chi connectivity index (χ2n) is 3.59. The molecule has 1 aliphatic rings. The van der Waals surface area contributed by atoms with Gasteiger partial charge in [-0.3, -0.25) is 10.1 Å². The Hall–Kier alpha value is -1.69. The van der Waals surface area contributed by atoms with E-state index in [0.717, 1.165) is 11.1 Å². The van der Waals surface area contributed by atoms with E-state index in [1.807, 2.05) is 0 Å². The lowest BCUT2D eigenvalue weighted by Gasteiger charge is -2.00. The van der Waals surface area contributed by atoms with Crippen LogP contribution in [0.25, 0.3) is 5.57 Å². The van der Waals surface area contributed by atoms with Crippen molar-refractivity contribution >= 4 is 21.1 Å². The fourth-order valence-corrected chi connectivity index (χ4v) is 2.91. The third-order valence-corrected chi connectivity index (χ3v) is 3.83. The molecule has 0 spiro atoms. The number of hydrogen-bond acceptors (Lipinski definition) is 4. The van der Waals surface area contributed by atoms with Crippen LogP contribution in [0.1, 0.15) is 5.56 Å².